The monoisotopic (exact) mass is 317 g/mol. The third kappa shape index (κ3) is 3.26. The minimum atomic E-state index is -1.01. The van der Waals surface area contributed by atoms with Crippen LogP contribution in [0.1, 0.15) is 10.4 Å². The van der Waals surface area contributed by atoms with Crippen LogP contribution in [0.25, 0.3) is 0 Å². The van der Waals surface area contributed by atoms with E-state index in [1.54, 1.807) is 4.90 Å². The molecule has 1 aliphatic heterocycles. The number of halogens is 2. The lowest BCUT2D eigenvalue weighted by molar-refractivity contribution is 0.0746. The van der Waals surface area contributed by atoms with Crippen LogP contribution < -0.4 is 10.6 Å². The Morgan fingerprint density at radius 1 is 0.957 bits per heavy atom. The van der Waals surface area contributed by atoms with Crippen molar-refractivity contribution < 1.29 is 13.6 Å². The highest BCUT2D eigenvalue weighted by Gasteiger charge is 2.23. The summed E-state index contributed by atoms with van der Waals surface area (Å²) in [6.07, 6.45) is 0. The number of piperazine rings is 1. The largest absolute Gasteiger partial charge is 0.399 e. The van der Waals surface area contributed by atoms with E-state index < -0.39 is 11.6 Å². The van der Waals surface area contributed by atoms with Gasteiger partial charge >= 0.3 is 0 Å². The van der Waals surface area contributed by atoms with Crippen molar-refractivity contribution in [2.45, 2.75) is 0 Å². The van der Waals surface area contributed by atoms with Gasteiger partial charge in [0.2, 0.25) is 0 Å². The molecule has 0 spiro atoms. The van der Waals surface area contributed by atoms with Crippen LogP contribution in [0, 0.1) is 11.6 Å². The van der Waals surface area contributed by atoms with Gasteiger partial charge in [0.25, 0.3) is 5.91 Å². The molecule has 3 rings (SSSR count). The van der Waals surface area contributed by atoms with Crippen LogP contribution in [0.2, 0.25) is 0 Å². The minimum absolute atomic E-state index is 0.168. The van der Waals surface area contributed by atoms with E-state index in [0.29, 0.717) is 31.9 Å². The first-order valence-electron chi connectivity index (χ1n) is 7.39. The maximum Gasteiger partial charge on any atom is 0.254 e. The number of hydrogen-bond acceptors (Lipinski definition) is 3. The maximum atomic E-state index is 13.3. The predicted molar refractivity (Wildman–Crippen MR) is 85.3 cm³/mol. The molecule has 0 radical (unpaired) electrons. The molecule has 0 unspecified atom stereocenters. The van der Waals surface area contributed by atoms with Crippen LogP contribution in [0.5, 0.6) is 0 Å². The number of anilines is 2. The lowest BCUT2D eigenvalue weighted by Gasteiger charge is -2.36. The number of rotatable bonds is 2. The number of amides is 1. The number of hydrogen-bond donors (Lipinski definition) is 1. The SMILES string of the molecule is Nc1cccc(N2CCN(C(=O)c3ccc(F)c(F)c3)CC2)c1. The van der Waals surface area contributed by atoms with Gasteiger partial charge < -0.3 is 15.5 Å². The predicted octanol–water partition coefficient (Wildman–Crippen LogP) is 2.51. The highest BCUT2D eigenvalue weighted by atomic mass is 19.2. The van der Waals surface area contributed by atoms with E-state index in [4.69, 9.17) is 5.73 Å². The fraction of sp³-hybridized carbons (Fsp3) is 0.235. The van der Waals surface area contributed by atoms with Gasteiger partial charge in [0.1, 0.15) is 0 Å². The molecule has 2 N–H and O–H groups in total. The Labute approximate surface area is 133 Å². The zero-order valence-electron chi connectivity index (χ0n) is 12.5. The van der Waals surface area contributed by atoms with Gasteiger partial charge in [0, 0.05) is 43.1 Å². The Morgan fingerprint density at radius 3 is 2.35 bits per heavy atom. The first-order chi connectivity index (χ1) is 11.0. The van der Waals surface area contributed by atoms with Crippen LogP contribution in [-0.4, -0.2) is 37.0 Å². The van der Waals surface area contributed by atoms with Crippen molar-refractivity contribution in [3.8, 4) is 0 Å². The van der Waals surface area contributed by atoms with Gasteiger partial charge in [-0.15, -0.1) is 0 Å². The Hall–Kier alpha value is -2.63. The topological polar surface area (TPSA) is 49.6 Å². The molecule has 1 aliphatic rings. The first kappa shape index (κ1) is 15.3. The second-order valence-electron chi connectivity index (χ2n) is 5.50. The van der Waals surface area contributed by atoms with Crippen molar-refractivity contribution in [3.63, 3.8) is 0 Å². The van der Waals surface area contributed by atoms with E-state index >= 15 is 0 Å². The number of nitrogens with two attached hydrogens (primary N) is 1. The van der Waals surface area contributed by atoms with Gasteiger partial charge in [-0.05, 0) is 36.4 Å². The summed E-state index contributed by atoms with van der Waals surface area (Å²) >= 11 is 0. The summed E-state index contributed by atoms with van der Waals surface area (Å²) in [5, 5.41) is 0. The molecule has 1 amide bonds. The second-order valence-corrected chi connectivity index (χ2v) is 5.50. The molecule has 2 aromatic rings. The molecule has 0 atom stereocenters. The molecule has 0 aromatic heterocycles. The lowest BCUT2D eigenvalue weighted by atomic mass is 10.1. The third-order valence-corrected chi connectivity index (χ3v) is 3.97. The van der Waals surface area contributed by atoms with E-state index in [-0.39, 0.29) is 11.5 Å². The molecule has 120 valence electrons. The van der Waals surface area contributed by atoms with Gasteiger partial charge in [0.15, 0.2) is 11.6 Å². The highest BCUT2D eigenvalue weighted by Crippen LogP contribution is 2.20. The van der Waals surface area contributed by atoms with E-state index in [9.17, 15) is 13.6 Å². The van der Waals surface area contributed by atoms with Crippen molar-refractivity contribution in [3.05, 3.63) is 59.7 Å². The molecule has 0 saturated carbocycles. The molecule has 2 aromatic carbocycles. The Bertz CT molecular complexity index is 728. The number of carbonyl (C=O) groups is 1. The number of nitrogens with zero attached hydrogens (tertiary/aromatic N) is 2. The summed E-state index contributed by atoms with van der Waals surface area (Å²) < 4.78 is 26.2. The molecule has 0 aliphatic carbocycles. The average Bonchev–Trinajstić information content (AvgIpc) is 2.57. The molecule has 1 saturated heterocycles. The standard InChI is InChI=1S/C17H17F2N3O/c18-15-5-4-12(10-16(15)19)17(23)22-8-6-21(7-9-22)14-3-1-2-13(20)11-14/h1-5,10-11H,6-9,20H2. The van der Waals surface area contributed by atoms with Crippen LogP contribution in [0.3, 0.4) is 0 Å². The minimum Gasteiger partial charge on any atom is -0.399 e. The fourth-order valence-corrected chi connectivity index (χ4v) is 2.70. The van der Waals surface area contributed by atoms with Gasteiger partial charge in [-0.1, -0.05) is 6.07 Å². The normalized spacial score (nSPS) is 14.9. The number of carbonyl (C=O) groups excluding carboxylic acids is 1. The molecule has 23 heavy (non-hydrogen) atoms. The van der Waals surface area contributed by atoms with E-state index in [2.05, 4.69) is 4.90 Å². The third-order valence-electron chi connectivity index (χ3n) is 3.97. The summed E-state index contributed by atoms with van der Waals surface area (Å²) in [7, 11) is 0. The van der Waals surface area contributed by atoms with E-state index in [0.717, 1.165) is 17.8 Å². The number of nitrogen functional groups attached to an aromatic ring is 1. The Balaban J connectivity index is 1.66. The molecule has 4 nitrogen and oxygen atoms in total. The maximum absolute atomic E-state index is 13.3. The molecule has 1 fully saturated rings. The zero-order valence-corrected chi connectivity index (χ0v) is 12.5. The van der Waals surface area contributed by atoms with Crippen LogP contribution in [-0.2, 0) is 0 Å². The molecule has 6 heteroatoms. The van der Waals surface area contributed by atoms with Crippen molar-refractivity contribution in [2.24, 2.45) is 0 Å². The van der Waals surface area contributed by atoms with Crippen LogP contribution >= 0.6 is 0 Å². The molecular formula is C17H17F2N3O. The Morgan fingerprint density at radius 2 is 1.70 bits per heavy atom. The summed E-state index contributed by atoms with van der Waals surface area (Å²) in [5.41, 5.74) is 7.67. The Kier molecular flexibility index (Phi) is 4.14. The smallest absolute Gasteiger partial charge is 0.254 e. The molecule has 0 bridgehead atoms. The highest BCUT2D eigenvalue weighted by molar-refractivity contribution is 5.94. The zero-order chi connectivity index (χ0) is 16.4. The fourth-order valence-electron chi connectivity index (χ4n) is 2.70. The van der Waals surface area contributed by atoms with Gasteiger partial charge in [-0.3, -0.25) is 4.79 Å². The lowest BCUT2D eigenvalue weighted by Crippen LogP contribution is -2.48. The van der Waals surface area contributed by atoms with E-state index in [1.807, 2.05) is 24.3 Å². The summed E-state index contributed by atoms with van der Waals surface area (Å²) in [6.45, 7) is 2.37. The molecular weight excluding hydrogens is 300 g/mol. The summed E-state index contributed by atoms with van der Waals surface area (Å²) in [5.74, 6) is -2.24. The van der Waals surface area contributed by atoms with Crippen molar-refractivity contribution in [1.82, 2.24) is 4.90 Å². The van der Waals surface area contributed by atoms with Crippen LogP contribution in [0.4, 0.5) is 20.2 Å². The summed E-state index contributed by atoms with van der Waals surface area (Å²) in [4.78, 5) is 16.2. The van der Waals surface area contributed by atoms with Gasteiger partial charge in [-0.2, -0.15) is 0 Å². The van der Waals surface area contributed by atoms with Crippen LogP contribution in [0.15, 0.2) is 42.5 Å². The van der Waals surface area contributed by atoms with Crippen molar-refractivity contribution >= 4 is 17.3 Å². The quantitative estimate of drug-likeness (QED) is 0.866. The van der Waals surface area contributed by atoms with Crippen molar-refractivity contribution in [2.75, 3.05) is 36.8 Å². The average molecular weight is 317 g/mol. The summed E-state index contributed by atoms with van der Waals surface area (Å²) in [6, 6.07) is 10.8. The van der Waals surface area contributed by atoms with Gasteiger partial charge in [-0.25, -0.2) is 8.78 Å². The molecule has 1 heterocycles. The number of benzene rings is 2. The first-order valence-corrected chi connectivity index (χ1v) is 7.39. The van der Waals surface area contributed by atoms with Crippen molar-refractivity contribution in [1.29, 1.82) is 0 Å². The second kappa shape index (κ2) is 6.24. The van der Waals surface area contributed by atoms with Gasteiger partial charge in [0.05, 0.1) is 0 Å². The van der Waals surface area contributed by atoms with E-state index in [1.165, 1.54) is 6.07 Å².